The highest BCUT2D eigenvalue weighted by Crippen LogP contribution is 2.31. The summed E-state index contributed by atoms with van der Waals surface area (Å²) >= 11 is 1.59. The zero-order valence-corrected chi connectivity index (χ0v) is 14.0. The van der Waals surface area contributed by atoms with E-state index in [-0.39, 0.29) is 11.8 Å². The third kappa shape index (κ3) is 2.99. The van der Waals surface area contributed by atoms with E-state index >= 15 is 0 Å². The van der Waals surface area contributed by atoms with Crippen LogP contribution in [0.5, 0.6) is 0 Å². The zero-order valence-electron chi connectivity index (χ0n) is 13.2. The lowest BCUT2D eigenvalue weighted by molar-refractivity contribution is -0.123. The molecule has 5 heteroatoms. The van der Waals surface area contributed by atoms with Gasteiger partial charge in [0.2, 0.25) is 11.8 Å². The molecule has 0 saturated heterocycles. The molecule has 1 aliphatic rings. The molecule has 0 radical (unpaired) electrons. The highest BCUT2D eigenvalue weighted by molar-refractivity contribution is 7.13. The first-order valence-electron chi connectivity index (χ1n) is 8.15. The minimum atomic E-state index is -0.0568. The second-order valence-corrected chi connectivity index (χ2v) is 6.93. The predicted molar refractivity (Wildman–Crippen MR) is 93.8 cm³/mol. The summed E-state index contributed by atoms with van der Waals surface area (Å²) in [6, 6.07) is 12.2. The van der Waals surface area contributed by atoms with E-state index in [0.29, 0.717) is 12.4 Å². The number of fused-ring (bicyclic) bond motifs is 1. The first-order valence-corrected chi connectivity index (χ1v) is 9.03. The molecule has 2 aromatic heterocycles. The molecule has 0 saturated carbocycles. The maximum absolute atomic E-state index is 12.6. The summed E-state index contributed by atoms with van der Waals surface area (Å²) in [7, 11) is 0. The lowest BCUT2D eigenvalue weighted by Gasteiger charge is -2.24. The molecule has 122 valence electrons. The number of nitrogens with zero attached hydrogens (tertiary/aromatic N) is 1. The molecular weight excluding hydrogens is 320 g/mol. The number of benzene rings is 1. The largest absolute Gasteiger partial charge is 0.443 e. The van der Waals surface area contributed by atoms with E-state index in [1.165, 1.54) is 11.1 Å². The van der Waals surface area contributed by atoms with Crippen molar-refractivity contribution < 1.29 is 9.21 Å². The number of rotatable bonds is 4. The standard InChI is InChI=1S/C19H18N2O2S/c22-18(16-8-3-6-13-5-1-2-7-15(13)16)20-11-14-12-23-19(21-14)17-9-4-10-24-17/h1-2,4-5,7,9-10,12,16H,3,6,8,11H2,(H,20,22). The molecule has 1 N–H and O–H groups in total. The Hall–Kier alpha value is -2.40. The van der Waals surface area contributed by atoms with Crippen molar-refractivity contribution in [3.63, 3.8) is 0 Å². The maximum atomic E-state index is 12.6. The number of thiophene rings is 1. The van der Waals surface area contributed by atoms with E-state index < -0.39 is 0 Å². The topological polar surface area (TPSA) is 55.1 Å². The van der Waals surface area contributed by atoms with Crippen LogP contribution in [0.1, 0.15) is 35.6 Å². The van der Waals surface area contributed by atoms with E-state index in [9.17, 15) is 4.79 Å². The average Bonchev–Trinajstić information content (AvgIpc) is 3.30. The quantitative estimate of drug-likeness (QED) is 0.778. The number of nitrogens with one attached hydrogen (secondary N) is 1. The summed E-state index contributed by atoms with van der Waals surface area (Å²) in [5.41, 5.74) is 3.21. The fourth-order valence-corrected chi connectivity index (χ4v) is 3.88. The van der Waals surface area contributed by atoms with E-state index in [4.69, 9.17) is 4.42 Å². The van der Waals surface area contributed by atoms with E-state index in [2.05, 4.69) is 22.4 Å². The number of aromatic nitrogens is 1. The van der Waals surface area contributed by atoms with Crippen LogP contribution >= 0.6 is 11.3 Å². The highest BCUT2D eigenvalue weighted by atomic mass is 32.1. The maximum Gasteiger partial charge on any atom is 0.236 e. The number of hydrogen-bond acceptors (Lipinski definition) is 4. The monoisotopic (exact) mass is 338 g/mol. The Morgan fingerprint density at radius 2 is 2.21 bits per heavy atom. The summed E-state index contributed by atoms with van der Waals surface area (Å²) in [6.07, 6.45) is 4.64. The second kappa shape index (κ2) is 6.61. The smallest absolute Gasteiger partial charge is 0.236 e. The van der Waals surface area contributed by atoms with Crippen LogP contribution in [0.3, 0.4) is 0 Å². The molecule has 1 aliphatic carbocycles. The highest BCUT2D eigenvalue weighted by Gasteiger charge is 2.26. The molecule has 4 nitrogen and oxygen atoms in total. The van der Waals surface area contributed by atoms with Crippen molar-refractivity contribution in [1.29, 1.82) is 0 Å². The van der Waals surface area contributed by atoms with Gasteiger partial charge in [-0.25, -0.2) is 4.98 Å². The number of amides is 1. The fraction of sp³-hybridized carbons (Fsp3) is 0.263. The van der Waals surface area contributed by atoms with Crippen molar-refractivity contribution in [2.24, 2.45) is 0 Å². The average molecular weight is 338 g/mol. The Morgan fingerprint density at radius 3 is 3.08 bits per heavy atom. The van der Waals surface area contributed by atoms with Gasteiger partial charge in [-0.2, -0.15) is 0 Å². The predicted octanol–water partition coefficient (Wildman–Crippen LogP) is 4.14. The minimum Gasteiger partial charge on any atom is -0.443 e. The number of aryl methyl sites for hydroxylation is 1. The summed E-state index contributed by atoms with van der Waals surface area (Å²) < 4.78 is 5.49. The molecule has 0 bridgehead atoms. The Labute approximate surface area is 144 Å². The Balaban J connectivity index is 1.43. The van der Waals surface area contributed by atoms with Crippen LogP contribution in [0.2, 0.25) is 0 Å². The van der Waals surface area contributed by atoms with E-state index in [1.54, 1.807) is 17.6 Å². The van der Waals surface area contributed by atoms with Crippen LogP contribution in [-0.4, -0.2) is 10.9 Å². The minimum absolute atomic E-state index is 0.0568. The van der Waals surface area contributed by atoms with Crippen LogP contribution in [0.15, 0.2) is 52.5 Å². The summed E-state index contributed by atoms with van der Waals surface area (Å²) in [5, 5.41) is 5.00. The van der Waals surface area contributed by atoms with Gasteiger partial charge in [-0.05, 0) is 41.8 Å². The van der Waals surface area contributed by atoms with Gasteiger partial charge in [0.15, 0.2) is 0 Å². The Kier molecular flexibility index (Phi) is 4.17. The molecule has 1 unspecified atom stereocenters. The molecule has 24 heavy (non-hydrogen) atoms. The van der Waals surface area contributed by atoms with Crippen molar-refractivity contribution in [3.05, 3.63) is 64.9 Å². The summed E-state index contributed by atoms with van der Waals surface area (Å²) in [6.45, 7) is 0.395. The molecule has 3 aromatic rings. The fourth-order valence-electron chi connectivity index (χ4n) is 3.23. The number of carbonyl (C=O) groups is 1. The van der Waals surface area contributed by atoms with Gasteiger partial charge in [0, 0.05) is 0 Å². The van der Waals surface area contributed by atoms with Gasteiger partial charge in [-0.1, -0.05) is 30.3 Å². The van der Waals surface area contributed by atoms with E-state index in [0.717, 1.165) is 29.8 Å². The van der Waals surface area contributed by atoms with Gasteiger partial charge in [0.05, 0.1) is 23.0 Å². The molecule has 0 spiro atoms. The molecule has 0 aliphatic heterocycles. The molecule has 1 aromatic carbocycles. The first kappa shape index (κ1) is 15.1. The van der Waals surface area contributed by atoms with Gasteiger partial charge in [-0.3, -0.25) is 4.79 Å². The zero-order chi connectivity index (χ0) is 16.4. The summed E-state index contributed by atoms with van der Waals surface area (Å²) in [4.78, 5) is 18.0. The van der Waals surface area contributed by atoms with Gasteiger partial charge in [0.25, 0.3) is 0 Å². The van der Waals surface area contributed by atoms with Crippen LogP contribution in [-0.2, 0) is 17.8 Å². The molecule has 1 amide bonds. The second-order valence-electron chi connectivity index (χ2n) is 5.98. The molecule has 2 heterocycles. The van der Waals surface area contributed by atoms with Crippen molar-refractivity contribution in [1.82, 2.24) is 10.3 Å². The van der Waals surface area contributed by atoms with E-state index in [1.807, 2.05) is 29.6 Å². The van der Waals surface area contributed by atoms with Crippen molar-refractivity contribution in [2.75, 3.05) is 0 Å². The number of hydrogen-bond donors (Lipinski definition) is 1. The summed E-state index contributed by atoms with van der Waals surface area (Å²) in [5.74, 6) is 0.624. The van der Waals surface area contributed by atoms with Crippen LogP contribution in [0, 0.1) is 0 Å². The lowest BCUT2D eigenvalue weighted by Crippen LogP contribution is -2.31. The molecular formula is C19H18N2O2S. The number of oxazole rings is 1. The molecule has 4 rings (SSSR count). The SMILES string of the molecule is O=C(NCc1coc(-c2cccs2)n1)C1CCCc2ccccc21. The van der Waals surface area contributed by atoms with Crippen LogP contribution < -0.4 is 5.32 Å². The Bertz CT molecular complexity index is 839. The van der Waals surface area contributed by atoms with Crippen molar-refractivity contribution >= 4 is 17.2 Å². The number of carbonyl (C=O) groups excluding carboxylic acids is 1. The van der Waals surface area contributed by atoms with Crippen molar-refractivity contribution in [2.45, 2.75) is 31.7 Å². The van der Waals surface area contributed by atoms with Crippen LogP contribution in [0.4, 0.5) is 0 Å². The molecule has 1 atom stereocenters. The lowest BCUT2D eigenvalue weighted by atomic mass is 9.82. The van der Waals surface area contributed by atoms with Gasteiger partial charge in [0.1, 0.15) is 6.26 Å². The molecule has 0 fully saturated rings. The van der Waals surface area contributed by atoms with Crippen molar-refractivity contribution in [3.8, 4) is 10.8 Å². The van der Waals surface area contributed by atoms with Crippen LogP contribution in [0.25, 0.3) is 10.8 Å². The third-order valence-corrected chi connectivity index (χ3v) is 5.27. The Morgan fingerprint density at radius 1 is 1.29 bits per heavy atom. The van der Waals surface area contributed by atoms with Gasteiger partial charge >= 0.3 is 0 Å². The van der Waals surface area contributed by atoms with Gasteiger partial charge in [-0.15, -0.1) is 11.3 Å². The normalized spacial score (nSPS) is 16.6. The third-order valence-electron chi connectivity index (χ3n) is 4.41. The first-order chi connectivity index (χ1) is 11.8. The van der Waals surface area contributed by atoms with Gasteiger partial charge < -0.3 is 9.73 Å².